The van der Waals surface area contributed by atoms with E-state index in [1.54, 1.807) is 13.3 Å². The maximum atomic E-state index is 6.15. The summed E-state index contributed by atoms with van der Waals surface area (Å²) >= 11 is 0. The number of hydrogen-bond acceptors (Lipinski definition) is 3. The van der Waals surface area contributed by atoms with Crippen molar-refractivity contribution in [1.82, 2.24) is 9.78 Å². The molecule has 1 aromatic carbocycles. The Bertz CT molecular complexity index is 476. The van der Waals surface area contributed by atoms with E-state index in [1.807, 2.05) is 42.1 Å². The SMILES string of the molecule is COc1ccc(CC(N)c2ccnn2C)cc1. The van der Waals surface area contributed by atoms with Gasteiger partial charge in [0.15, 0.2) is 0 Å². The maximum Gasteiger partial charge on any atom is 0.118 e. The molecule has 0 aliphatic rings. The molecule has 1 heterocycles. The Balaban J connectivity index is 2.07. The molecule has 2 rings (SSSR count). The van der Waals surface area contributed by atoms with Gasteiger partial charge in [-0.25, -0.2) is 0 Å². The molecule has 1 aromatic heterocycles. The van der Waals surface area contributed by atoms with Crippen LogP contribution in [0.15, 0.2) is 36.5 Å². The number of nitrogens with zero attached hydrogens (tertiary/aromatic N) is 2. The second-order valence-electron chi connectivity index (χ2n) is 4.04. The Labute approximate surface area is 101 Å². The van der Waals surface area contributed by atoms with Crippen LogP contribution in [0.25, 0.3) is 0 Å². The van der Waals surface area contributed by atoms with Crippen LogP contribution in [0, 0.1) is 0 Å². The zero-order chi connectivity index (χ0) is 12.3. The van der Waals surface area contributed by atoms with Gasteiger partial charge in [-0.2, -0.15) is 5.10 Å². The summed E-state index contributed by atoms with van der Waals surface area (Å²) in [5.41, 5.74) is 8.39. The van der Waals surface area contributed by atoms with E-state index in [1.165, 1.54) is 5.56 Å². The summed E-state index contributed by atoms with van der Waals surface area (Å²) in [7, 11) is 3.57. The number of rotatable bonds is 4. The zero-order valence-electron chi connectivity index (χ0n) is 10.1. The lowest BCUT2D eigenvalue weighted by molar-refractivity contribution is 0.414. The molecule has 1 atom stereocenters. The first-order chi connectivity index (χ1) is 8.20. The summed E-state index contributed by atoms with van der Waals surface area (Å²) < 4.78 is 6.93. The van der Waals surface area contributed by atoms with E-state index >= 15 is 0 Å². The minimum Gasteiger partial charge on any atom is -0.497 e. The average Bonchev–Trinajstić information content (AvgIpc) is 2.76. The van der Waals surface area contributed by atoms with Gasteiger partial charge in [0.25, 0.3) is 0 Å². The number of hydrogen-bond donors (Lipinski definition) is 1. The number of aromatic nitrogens is 2. The van der Waals surface area contributed by atoms with Crippen molar-refractivity contribution in [3.63, 3.8) is 0 Å². The average molecular weight is 231 g/mol. The van der Waals surface area contributed by atoms with Crippen molar-refractivity contribution in [2.75, 3.05) is 7.11 Å². The predicted molar refractivity (Wildman–Crippen MR) is 66.8 cm³/mol. The van der Waals surface area contributed by atoms with Crippen LogP contribution in [0.4, 0.5) is 0 Å². The second kappa shape index (κ2) is 5.01. The van der Waals surface area contributed by atoms with Crippen LogP contribution in [-0.4, -0.2) is 16.9 Å². The van der Waals surface area contributed by atoms with Gasteiger partial charge in [0, 0.05) is 13.2 Å². The van der Waals surface area contributed by atoms with Crippen molar-refractivity contribution in [2.45, 2.75) is 12.5 Å². The Morgan fingerprint density at radius 1 is 1.29 bits per heavy atom. The molecule has 0 radical (unpaired) electrons. The van der Waals surface area contributed by atoms with Crippen molar-refractivity contribution in [3.8, 4) is 5.75 Å². The van der Waals surface area contributed by atoms with E-state index in [0.29, 0.717) is 0 Å². The van der Waals surface area contributed by atoms with Crippen LogP contribution in [0.5, 0.6) is 5.75 Å². The van der Waals surface area contributed by atoms with Crippen LogP contribution >= 0.6 is 0 Å². The summed E-state index contributed by atoms with van der Waals surface area (Å²) in [4.78, 5) is 0. The molecule has 4 nitrogen and oxygen atoms in total. The van der Waals surface area contributed by atoms with Gasteiger partial charge >= 0.3 is 0 Å². The van der Waals surface area contributed by atoms with Gasteiger partial charge in [0.1, 0.15) is 5.75 Å². The molecule has 0 amide bonds. The largest absolute Gasteiger partial charge is 0.497 e. The number of methoxy groups -OCH3 is 1. The third-order valence-electron chi connectivity index (χ3n) is 2.85. The molecule has 2 aromatic rings. The molecule has 4 heteroatoms. The first-order valence-electron chi connectivity index (χ1n) is 5.57. The van der Waals surface area contributed by atoms with E-state index in [0.717, 1.165) is 17.9 Å². The minimum atomic E-state index is -0.0316. The Morgan fingerprint density at radius 2 is 2.00 bits per heavy atom. The molecule has 2 N–H and O–H groups in total. The van der Waals surface area contributed by atoms with Crippen LogP contribution in [0.3, 0.4) is 0 Å². The fourth-order valence-electron chi connectivity index (χ4n) is 1.87. The van der Waals surface area contributed by atoms with Crippen molar-refractivity contribution < 1.29 is 4.74 Å². The topological polar surface area (TPSA) is 53.1 Å². The lowest BCUT2D eigenvalue weighted by Gasteiger charge is -2.12. The number of aryl methyl sites for hydroxylation is 1. The van der Waals surface area contributed by atoms with Crippen molar-refractivity contribution in [1.29, 1.82) is 0 Å². The molecule has 90 valence electrons. The fourth-order valence-corrected chi connectivity index (χ4v) is 1.87. The Morgan fingerprint density at radius 3 is 2.53 bits per heavy atom. The molecule has 0 saturated carbocycles. The zero-order valence-corrected chi connectivity index (χ0v) is 10.1. The van der Waals surface area contributed by atoms with E-state index in [-0.39, 0.29) is 6.04 Å². The molecule has 0 saturated heterocycles. The lowest BCUT2D eigenvalue weighted by atomic mass is 10.0. The maximum absolute atomic E-state index is 6.15. The predicted octanol–water partition coefficient (Wildman–Crippen LogP) is 1.67. The van der Waals surface area contributed by atoms with Crippen LogP contribution < -0.4 is 10.5 Å². The van der Waals surface area contributed by atoms with Crippen molar-refractivity contribution in [3.05, 3.63) is 47.8 Å². The highest BCUT2D eigenvalue weighted by molar-refractivity contribution is 5.28. The highest BCUT2D eigenvalue weighted by atomic mass is 16.5. The summed E-state index contributed by atoms with van der Waals surface area (Å²) in [5, 5.41) is 4.12. The molecule has 0 aliphatic heterocycles. The van der Waals surface area contributed by atoms with E-state index < -0.39 is 0 Å². The smallest absolute Gasteiger partial charge is 0.118 e. The normalized spacial score (nSPS) is 12.4. The quantitative estimate of drug-likeness (QED) is 0.870. The third-order valence-corrected chi connectivity index (χ3v) is 2.85. The van der Waals surface area contributed by atoms with Gasteiger partial charge in [-0.1, -0.05) is 12.1 Å². The number of benzene rings is 1. The molecule has 0 bridgehead atoms. The molecular formula is C13H17N3O. The summed E-state index contributed by atoms with van der Waals surface area (Å²) in [5.74, 6) is 0.864. The highest BCUT2D eigenvalue weighted by Crippen LogP contribution is 2.17. The van der Waals surface area contributed by atoms with Crippen LogP contribution in [0.2, 0.25) is 0 Å². The first kappa shape index (κ1) is 11.7. The summed E-state index contributed by atoms with van der Waals surface area (Å²) in [6.07, 6.45) is 2.56. The van der Waals surface area contributed by atoms with Crippen LogP contribution in [0.1, 0.15) is 17.3 Å². The molecule has 1 unspecified atom stereocenters. The van der Waals surface area contributed by atoms with Crippen molar-refractivity contribution >= 4 is 0 Å². The standard InChI is InChI=1S/C13H17N3O/c1-16-13(7-8-15-16)12(14)9-10-3-5-11(17-2)6-4-10/h3-8,12H,9,14H2,1-2H3. The molecule has 0 aliphatic carbocycles. The Hall–Kier alpha value is -1.81. The van der Waals surface area contributed by atoms with Gasteiger partial charge in [-0.05, 0) is 30.2 Å². The second-order valence-corrected chi connectivity index (χ2v) is 4.04. The molecule has 0 fully saturated rings. The van der Waals surface area contributed by atoms with Crippen molar-refractivity contribution in [2.24, 2.45) is 12.8 Å². The first-order valence-corrected chi connectivity index (χ1v) is 5.57. The molecular weight excluding hydrogens is 214 g/mol. The third kappa shape index (κ3) is 2.65. The molecule has 17 heavy (non-hydrogen) atoms. The van der Waals surface area contributed by atoms with Crippen LogP contribution in [-0.2, 0) is 13.5 Å². The number of nitrogens with two attached hydrogens (primary N) is 1. The molecule has 0 spiro atoms. The van der Waals surface area contributed by atoms with Gasteiger partial charge < -0.3 is 10.5 Å². The highest BCUT2D eigenvalue weighted by Gasteiger charge is 2.10. The van der Waals surface area contributed by atoms with E-state index in [2.05, 4.69) is 5.10 Å². The fraction of sp³-hybridized carbons (Fsp3) is 0.308. The van der Waals surface area contributed by atoms with E-state index in [4.69, 9.17) is 10.5 Å². The van der Waals surface area contributed by atoms with E-state index in [9.17, 15) is 0 Å². The lowest BCUT2D eigenvalue weighted by Crippen LogP contribution is -2.17. The minimum absolute atomic E-state index is 0.0316. The number of ether oxygens (including phenoxy) is 1. The van der Waals surface area contributed by atoms with Gasteiger partial charge in [0.2, 0.25) is 0 Å². The Kier molecular flexibility index (Phi) is 3.44. The van der Waals surface area contributed by atoms with Gasteiger partial charge in [-0.15, -0.1) is 0 Å². The van der Waals surface area contributed by atoms with Gasteiger partial charge in [0.05, 0.1) is 18.8 Å². The van der Waals surface area contributed by atoms with Gasteiger partial charge in [-0.3, -0.25) is 4.68 Å². The monoisotopic (exact) mass is 231 g/mol. The summed E-state index contributed by atoms with van der Waals surface area (Å²) in [6.45, 7) is 0. The summed E-state index contributed by atoms with van der Waals surface area (Å²) in [6, 6.07) is 9.89.